The number of likely N-dealkylation sites (tertiary alicyclic amines) is 2. The minimum atomic E-state index is -4.38. The second kappa shape index (κ2) is 8.99. The monoisotopic (exact) mass is 431 g/mol. The molecule has 2 aromatic rings. The average Bonchev–Trinajstić information content (AvgIpc) is 2.79. The van der Waals surface area contributed by atoms with Crippen LogP contribution in [0.3, 0.4) is 0 Å². The van der Waals surface area contributed by atoms with Gasteiger partial charge in [0.05, 0.1) is 11.3 Å². The Balaban J connectivity index is 1.49. The van der Waals surface area contributed by atoms with Crippen molar-refractivity contribution in [3.63, 3.8) is 0 Å². The molecule has 0 spiro atoms. The zero-order valence-electron chi connectivity index (χ0n) is 17.7. The number of carbonyl (C=O) groups excluding carboxylic acids is 1. The Morgan fingerprint density at radius 3 is 2.52 bits per heavy atom. The fourth-order valence-electron chi connectivity index (χ4n) is 4.63. The van der Waals surface area contributed by atoms with Crippen molar-refractivity contribution in [2.75, 3.05) is 33.2 Å². The first-order chi connectivity index (χ1) is 14.8. The van der Waals surface area contributed by atoms with Crippen LogP contribution in [0.2, 0.25) is 0 Å². The molecule has 1 atom stereocenters. The highest BCUT2D eigenvalue weighted by Crippen LogP contribution is 2.33. The van der Waals surface area contributed by atoms with Gasteiger partial charge in [-0.1, -0.05) is 18.2 Å². The SMILES string of the molecule is CN1CCC(C(=O)N2CCCC(c3cccc(-c4cccc(C(F)(F)F)c4)n3)C2)CC1. The van der Waals surface area contributed by atoms with Gasteiger partial charge in [-0.05, 0) is 70.1 Å². The number of hydrogen-bond acceptors (Lipinski definition) is 3. The molecule has 2 aliphatic rings. The number of alkyl halides is 3. The van der Waals surface area contributed by atoms with Crippen molar-refractivity contribution in [3.05, 3.63) is 53.7 Å². The Bertz CT molecular complexity index is 922. The summed E-state index contributed by atoms with van der Waals surface area (Å²) in [5, 5.41) is 0. The zero-order chi connectivity index (χ0) is 22.0. The molecule has 1 aromatic carbocycles. The molecule has 1 unspecified atom stereocenters. The lowest BCUT2D eigenvalue weighted by Crippen LogP contribution is -2.45. The van der Waals surface area contributed by atoms with Crippen LogP contribution in [0.4, 0.5) is 13.2 Å². The van der Waals surface area contributed by atoms with Crippen molar-refractivity contribution in [1.29, 1.82) is 0 Å². The van der Waals surface area contributed by atoms with Crippen molar-refractivity contribution in [2.45, 2.75) is 37.8 Å². The Kier molecular flexibility index (Phi) is 6.32. The summed E-state index contributed by atoms with van der Waals surface area (Å²) in [6, 6.07) is 10.8. The molecule has 0 radical (unpaired) electrons. The molecule has 4 rings (SSSR count). The standard InChI is InChI=1S/C24H28F3N3O/c1-29-13-10-17(11-14-29)23(31)30-12-4-6-19(16-30)22-9-3-8-21(28-22)18-5-2-7-20(15-18)24(25,26)27/h2-3,5,7-9,15,17,19H,4,6,10-14,16H2,1H3. The lowest BCUT2D eigenvalue weighted by atomic mass is 9.90. The van der Waals surface area contributed by atoms with E-state index in [1.807, 2.05) is 17.0 Å². The summed E-state index contributed by atoms with van der Waals surface area (Å²) in [5.41, 5.74) is 1.15. The van der Waals surface area contributed by atoms with E-state index in [0.29, 0.717) is 17.8 Å². The molecule has 1 amide bonds. The van der Waals surface area contributed by atoms with Crippen molar-refractivity contribution in [1.82, 2.24) is 14.8 Å². The Labute approximate surface area is 181 Å². The van der Waals surface area contributed by atoms with Gasteiger partial charge >= 0.3 is 6.18 Å². The van der Waals surface area contributed by atoms with Gasteiger partial charge in [-0.15, -0.1) is 0 Å². The second-order valence-electron chi connectivity index (χ2n) is 8.73. The van der Waals surface area contributed by atoms with E-state index >= 15 is 0 Å². The quantitative estimate of drug-likeness (QED) is 0.700. The normalized spacial score (nSPS) is 21.3. The van der Waals surface area contributed by atoms with E-state index < -0.39 is 11.7 Å². The predicted octanol–water partition coefficient (Wildman–Crippen LogP) is 4.82. The van der Waals surface area contributed by atoms with Gasteiger partial charge in [0.25, 0.3) is 0 Å². The molecule has 0 saturated carbocycles. The van der Waals surface area contributed by atoms with Gasteiger partial charge in [0, 0.05) is 36.2 Å². The van der Waals surface area contributed by atoms with E-state index in [2.05, 4.69) is 11.9 Å². The first kappa shape index (κ1) is 21.8. The summed E-state index contributed by atoms with van der Waals surface area (Å²) in [6.07, 6.45) is -0.736. The van der Waals surface area contributed by atoms with Crippen LogP contribution in [-0.4, -0.2) is 53.9 Å². The number of amides is 1. The van der Waals surface area contributed by atoms with Gasteiger partial charge in [-0.25, -0.2) is 0 Å². The third-order valence-corrected chi connectivity index (χ3v) is 6.48. The fraction of sp³-hybridized carbons (Fsp3) is 0.500. The number of halogens is 3. The average molecular weight is 432 g/mol. The van der Waals surface area contributed by atoms with Crippen LogP contribution in [-0.2, 0) is 11.0 Å². The first-order valence-electron chi connectivity index (χ1n) is 10.9. The summed E-state index contributed by atoms with van der Waals surface area (Å²) in [5.74, 6) is 0.445. The number of carbonyl (C=O) groups is 1. The number of rotatable bonds is 3. The molecule has 1 aromatic heterocycles. The number of hydrogen-bond donors (Lipinski definition) is 0. The molecule has 7 heteroatoms. The van der Waals surface area contributed by atoms with Crippen LogP contribution in [0.1, 0.15) is 42.9 Å². The van der Waals surface area contributed by atoms with E-state index in [4.69, 9.17) is 4.98 Å². The van der Waals surface area contributed by atoms with Crippen LogP contribution >= 0.6 is 0 Å². The minimum absolute atomic E-state index is 0.0966. The second-order valence-corrected chi connectivity index (χ2v) is 8.73. The fourth-order valence-corrected chi connectivity index (χ4v) is 4.63. The predicted molar refractivity (Wildman–Crippen MR) is 113 cm³/mol. The number of piperidine rings is 2. The van der Waals surface area contributed by atoms with Crippen molar-refractivity contribution >= 4 is 5.91 Å². The minimum Gasteiger partial charge on any atom is -0.342 e. The summed E-state index contributed by atoms with van der Waals surface area (Å²) in [6.45, 7) is 3.31. The lowest BCUT2D eigenvalue weighted by Gasteiger charge is -2.37. The van der Waals surface area contributed by atoms with Crippen LogP contribution in [0.25, 0.3) is 11.3 Å². The molecular weight excluding hydrogens is 403 g/mol. The van der Waals surface area contributed by atoms with E-state index in [-0.39, 0.29) is 17.7 Å². The van der Waals surface area contributed by atoms with Gasteiger partial charge in [0.15, 0.2) is 0 Å². The van der Waals surface area contributed by atoms with Crippen molar-refractivity contribution in [2.24, 2.45) is 5.92 Å². The number of nitrogens with zero attached hydrogens (tertiary/aromatic N) is 3. The largest absolute Gasteiger partial charge is 0.416 e. The molecule has 2 fully saturated rings. The highest BCUT2D eigenvalue weighted by Gasteiger charge is 2.32. The summed E-state index contributed by atoms with van der Waals surface area (Å²) < 4.78 is 39.3. The Hall–Kier alpha value is -2.41. The van der Waals surface area contributed by atoms with Gasteiger partial charge in [0.1, 0.15) is 0 Å². The first-order valence-corrected chi connectivity index (χ1v) is 10.9. The third kappa shape index (κ3) is 5.09. The third-order valence-electron chi connectivity index (χ3n) is 6.48. The molecule has 0 bridgehead atoms. The van der Waals surface area contributed by atoms with Crippen LogP contribution in [0.5, 0.6) is 0 Å². The lowest BCUT2D eigenvalue weighted by molar-refractivity contribution is -0.138. The number of benzene rings is 1. The van der Waals surface area contributed by atoms with Gasteiger partial charge in [0.2, 0.25) is 5.91 Å². The maximum atomic E-state index is 13.1. The Morgan fingerprint density at radius 2 is 1.77 bits per heavy atom. The van der Waals surface area contributed by atoms with E-state index in [1.165, 1.54) is 6.07 Å². The molecule has 166 valence electrons. The zero-order valence-corrected chi connectivity index (χ0v) is 17.7. The maximum Gasteiger partial charge on any atom is 0.416 e. The molecule has 4 nitrogen and oxygen atoms in total. The highest BCUT2D eigenvalue weighted by atomic mass is 19.4. The number of aromatic nitrogens is 1. The van der Waals surface area contributed by atoms with E-state index in [0.717, 1.165) is 63.1 Å². The molecule has 3 heterocycles. The van der Waals surface area contributed by atoms with E-state index in [1.54, 1.807) is 12.1 Å². The van der Waals surface area contributed by atoms with Gasteiger partial charge in [-0.2, -0.15) is 13.2 Å². The van der Waals surface area contributed by atoms with E-state index in [9.17, 15) is 18.0 Å². The topological polar surface area (TPSA) is 36.4 Å². The molecule has 31 heavy (non-hydrogen) atoms. The van der Waals surface area contributed by atoms with Crippen LogP contribution in [0.15, 0.2) is 42.5 Å². The maximum absolute atomic E-state index is 13.1. The molecule has 0 aliphatic carbocycles. The molecule has 2 aliphatic heterocycles. The Morgan fingerprint density at radius 1 is 1.03 bits per heavy atom. The van der Waals surface area contributed by atoms with Gasteiger partial charge in [-0.3, -0.25) is 9.78 Å². The van der Waals surface area contributed by atoms with Gasteiger partial charge < -0.3 is 9.80 Å². The van der Waals surface area contributed by atoms with Crippen molar-refractivity contribution in [3.8, 4) is 11.3 Å². The summed E-state index contributed by atoms with van der Waals surface area (Å²) in [4.78, 5) is 22.0. The van der Waals surface area contributed by atoms with Crippen LogP contribution < -0.4 is 0 Å². The highest BCUT2D eigenvalue weighted by molar-refractivity contribution is 5.79. The van der Waals surface area contributed by atoms with Crippen molar-refractivity contribution < 1.29 is 18.0 Å². The van der Waals surface area contributed by atoms with Crippen LogP contribution in [0, 0.1) is 5.92 Å². The molecule has 0 N–H and O–H groups in total. The summed E-state index contributed by atoms with van der Waals surface area (Å²) >= 11 is 0. The number of pyridine rings is 1. The summed E-state index contributed by atoms with van der Waals surface area (Å²) in [7, 11) is 2.08. The molecule has 2 saturated heterocycles. The smallest absolute Gasteiger partial charge is 0.342 e. The molecular formula is C24H28F3N3O.